The van der Waals surface area contributed by atoms with Crippen LogP contribution >= 0.6 is 0 Å². The van der Waals surface area contributed by atoms with E-state index >= 15 is 0 Å². The lowest BCUT2D eigenvalue weighted by Crippen LogP contribution is -2.41. The van der Waals surface area contributed by atoms with Gasteiger partial charge in [0.15, 0.2) is 0 Å². The third-order valence-corrected chi connectivity index (χ3v) is 6.49. The lowest BCUT2D eigenvalue weighted by Gasteiger charge is -2.29. The van der Waals surface area contributed by atoms with Gasteiger partial charge in [-0.1, -0.05) is 36.4 Å². The Balaban J connectivity index is 1.59. The Kier molecular flexibility index (Phi) is 7.68. The van der Waals surface area contributed by atoms with Crippen LogP contribution in [-0.4, -0.2) is 53.0 Å². The second-order valence-electron chi connectivity index (χ2n) is 9.01. The Morgan fingerprint density at radius 3 is 2.56 bits per heavy atom. The number of hydrogen-bond acceptors (Lipinski definition) is 4. The second-order valence-corrected chi connectivity index (χ2v) is 9.01. The summed E-state index contributed by atoms with van der Waals surface area (Å²) in [5.41, 5.74) is 3.72. The quantitative estimate of drug-likeness (QED) is 0.382. The molecule has 0 aliphatic heterocycles. The molecular formula is C29H32N4O3. The Morgan fingerprint density at radius 1 is 1.08 bits per heavy atom. The number of rotatable bonds is 9. The molecule has 186 valence electrons. The van der Waals surface area contributed by atoms with E-state index in [1.54, 1.807) is 28.7 Å². The van der Waals surface area contributed by atoms with Gasteiger partial charge in [-0.2, -0.15) is 0 Å². The number of methoxy groups -OCH3 is 1. The normalized spacial score (nSPS) is 11.8. The van der Waals surface area contributed by atoms with Gasteiger partial charge in [0.2, 0.25) is 0 Å². The van der Waals surface area contributed by atoms with Crippen LogP contribution in [0.15, 0.2) is 72.9 Å². The van der Waals surface area contributed by atoms with Crippen molar-refractivity contribution >= 4 is 22.7 Å². The minimum absolute atomic E-state index is 0.131. The Hall–Kier alpha value is -4.13. The van der Waals surface area contributed by atoms with E-state index in [9.17, 15) is 9.59 Å². The number of nitrogens with one attached hydrogen (secondary N) is 1. The summed E-state index contributed by atoms with van der Waals surface area (Å²) in [6, 6.07) is 21.1. The van der Waals surface area contributed by atoms with Crippen LogP contribution in [0.4, 0.5) is 0 Å². The molecule has 36 heavy (non-hydrogen) atoms. The van der Waals surface area contributed by atoms with Crippen molar-refractivity contribution in [1.82, 2.24) is 19.8 Å². The van der Waals surface area contributed by atoms with Gasteiger partial charge in [-0.05, 0) is 55.7 Å². The van der Waals surface area contributed by atoms with Gasteiger partial charge in [0.1, 0.15) is 11.4 Å². The summed E-state index contributed by atoms with van der Waals surface area (Å²) in [7, 11) is 5.25. The molecule has 0 aliphatic rings. The van der Waals surface area contributed by atoms with E-state index in [2.05, 4.69) is 22.4 Å². The van der Waals surface area contributed by atoms with Gasteiger partial charge in [-0.15, -0.1) is 0 Å². The van der Waals surface area contributed by atoms with E-state index < -0.39 is 0 Å². The Morgan fingerprint density at radius 2 is 1.86 bits per heavy atom. The fraction of sp³-hybridized carbons (Fsp3) is 0.276. The largest absolute Gasteiger partial charge is 0.497 e. The molecule has 0 saturated carbocycles. The van der Waals surface area contributed by atoms with E-state index in [4.69, 9.17) is 4.74 Å². The number of nitrogens with zero attached hydrogens (tertiary/aromatic N) is 3. The molecule has 2 amide bonds. The van der Waals surface area contributed by atoms with Crippen molar-refractivity contribution in [2.45, 2.75) is 25.8 Å². The molecule has 7 nitrogen and oxygen atoms in total. The van der Waals surface area contributed by atoms with Crippen molar-refractivity contribution in [3.05, 3.63) is 95.4 Å². The number of aromatic nitrogens is 2. The predicted molar refractivity (Wildman–Crippen MR) is 141 cm³/mol. The zero-order chi connectivity index (χ0) is 25.7. The van der Waals surface area contributed by atoms with Crippen molar-refractivity contribution in [3.8, 4) is 5.75 Å². The summed E-state index contributed by atoms with van der Waals surface area (Å²) in [4.78, 5) is 32.9. The van der Waals surface area contributed by atoms with Crippen molar-refractivity contribution in [3.63, 3.8) is 0 Å². The number of amides is 2. The smallest absolute Gasteiger partial charge is 0.267 e. The first-order valence-corrected chi connectivity index (χ1v) is 12.0. The van der Waals surface area contributed by atoms with Crippen LogP contribution in [0.1, 0.15) is 38.5 Å². The monoisotopic (exact) mass is 484 g/mol. The molecule has 1 N–H and O–H groups in total. The first kappa shape index (κ1) is 25.0. The molecule has 2 aromatic heterocycles. The van der Waals surface area contributed by atoms with Gasteiger partial charge in [-0.3, -0.25) is 14.6 Å². The number of carbonyl (C=O) groups excluding carboxylic acids is 2. The van der Waals surface area contributed by atoms with E-state index in [0.29, 0.717) is 41.9 Å². The molecule has 4 rings (SSSR count). The van der Waals surface area contributed by atoms with Gasteiger partial charge < -0.3 is 19.5 Å². The minimum Gasteiger partial charge on any atom is -0.497 e. The number of fused-ring (bicyclic) bond motifs is 1. The first-order chi connectivity index (χ1) is 17.4. The van der Waals surface area contributed by atoms with Crippen LogP contribution < -0.4 is 10.1 Å². The van der Waals surface area contributed by atoms with Crippen LogP contribution in [0.2, 0.25) is 0 Å². The average molecular weight is 485 g/mol. The maximum atomic E-state index is 13.8. The number of hydrogen-bond donors (Lipinski definition) is 1. The number of pyridine rings is 1. The molecule has 0 fully saturated rings. The van der Waals surface area contributed by atoms with Crippen molar-refractivity contribution in [2.24, 2.45) is 7.05 Å². The van der Waals surface area contributed by atoms with Gasteiger partial charge in [0.05, 0.1) is 18.2 Å². The molecule has 7 heteroatoms. The molecule has 4 aromatic rings. The zero-order valence-electron chi connectivity index (χ0n) is 21.2. The summed E-state index contributed by atoms with van der Waals surface area (Å²) < 4.78 is 7.25. The molecule has 0 aliphatic carbocycles. The third kappa shape index (κ3) is 5.57. The summed E-state index contributed by atoms with van der Waals surface area (Å²) >= 11 is 0. The molecule has 1 unspecified atom stereocenters. The van der Waals surface area contributed by atoms with E-state index in [1.807, 2.05) is 69.7 Å². The minimum atomic E-state index is -0.139. The third-order valence-electron chi connectivity index (χ3n) is 6.49. The predicted octanol–water partition coefficient (Wildman–Crippen LogP) is 4.39. The summed E-state index contributed by atoms with van der Waals surface area (Å²) in [6.07, 6.45) is 3.10. The number of aryl methyl sites for hydroxylation is 2. The lowest BCUT2D eigenvalue weighted by atomic mass is 10.00. The molecule has 2 aromatic carbocycles. The molecule has 0 radical (unpaired) electrons. The number of carbonyl (C=O) groups is 2. The van der Waals surface area contributed by atoms with Crippen LogP contribution in [0.3, 0.4) is 0 Å². The average Bonchev–Trinajstić information content (AvgIpc) is 3.33. The molecule has 0 spiro atoms. The molecule has 2 heterocycles. The lowest BCUT2D eigenvalue weighted by molar-refractivity contribution is 0.0724. The van der Waals surface area contributed by atoms with Gasteiger partial charge in [0.25, 0.3) is 11.8 Å². The molecule has 0 bridgehead atoms. The zero-order valence-corrected chi connectivity index (χ0v) is 21.2. The van der Waals surface area contributed by atoms with Crippen molar-refractivity contribution < 1.29 is 14.3 Å². The standard InChI is InChI=1S/C29H32N4O3/c1-20-12-13-22-18-24(36-4)19-25(27(22)31-20)29(35)33(3)23(17-21-9-6-5-7-10-21)14-15-30-28(34)26-11-8-16-32(26)2/h5-13,16,18-19,23H,14-15,17H2,1-4H3,(H,30,34). The van der Waals surface area contributed by atoms with E-state index in [0.717, 1.165) is 16.6 Å². The van der Waals surface area contributed by atoms with Crippen LogP contribution in [-0.2, 0) is 13.5 Å². The molecular weight excluding hydrogens is 452 g/mol. The Labute approximate surface area is 211 Å². The Bertz CT molecular complexity index is 1360. The summed E-state index contributed by atoms with van der Waals surface area (Å²) in [5.74, 6) is 0.347. The highest BCUT2D eigenvalue weighted by Crippen LogP contribution is 2.26. The van der Waals surface area contributed by atoms with Crippen molar-refractivity contribution in [2.75, 3.05) is 20.7 Å². The first-order valence-electron chi connectivity index (χ1n) is 12.0. The highest BCUT2D eigenvalue weighted by atomic mass is 16.5. The van der Waals surface area contributed by atoms with Crippen LogP contribution in [0.25, 0.3) is 10.9 Å². The maximum Gasteiger partial charge on any atom is 0.267 e. The van der Waals surface area contributed by atoms with Gasteiger partial charge >= 0.3 is 0 Å². The SMILES string of the molecule is COc1cc(C(=O)N(C)C(CCNC(=O)c2cccn2C)Cc2ccccc2)c2nc(C)ccc2c1. The molecule has 0 saturated heterocycles. The van der Waals surface area contributed by atoms with Crippen LogP contribution in [0, 0.1) is 6.92 Å². The maximum absolute atomic E-state index is 13.8. The topological polar surface area (TPSA) is 76.5 Å². The number of benzene rings is 2. The van der Waals surface area contributed by atoms with E-state index in [1.165, 1.54) is 0 Å². The highest BCUT2D eigenvalue weighted by molar-refractivity contribution is 6.06. The van der Waals surface area contributed by atoms with E-state index in [-0.39, 0.29) is 17.9 Å². The highest BCUT2D eigenvalue weighted by Gasteiger charge is 2.24. The van der Waals surface area contributed by atoms with Crippen LogP contribution in [0.5, 0.6) is 5.75 Å². The van der Waals surface area contributed by atoms with Gasteiger partial charge in [0, 0.05) is 44.0 Å². The fourth-order valence-corrected chi connectivity index (χ4v) is 4.40. The number of ether oxygens (including phenoxy) is 1. The fourth-order valence-electron chi connectivity index (χ4n) is 4.40. The second kappa shape index (κ2) is 11.1. The summed E-state index contributed by atoms with van der Waals surface area (Å²) in [6.45, 7) is 2.35. The number of likely N-dealkylation sites (N-methyl/N-ethyl adjacent to an activating group) is 1. The molecule has 1 atom stereocenters. The van der Waals surface area contributed by atoms with Crippen molar-refractivity contribution in [1.29, 1.82) is 0 Å². The summed E-state index contributed by atoms with van der Waals surface area (Å²) in [5, 5.41) is 3.85. The van der Waals surface area contributed by atoms with Gasteiger partial charge in [-0.25, -0.2) is 0 Å².